The third-order valence-corrected chi connectivity index (χ3v) is 4.48. The number of aryl methyl sites for hydroxylation is 1. The van der Waals surface area contributed by atoms with E-state index in [1.165, 1.54) is 23.5 Å². The number of thiazole rings is 1. The number of ether oxygens (including phenoxy) is 1. The maximum absolute atomic E-state index is 5.81. The highest BCUT2D eigenvalue weighted by Crippen LogP contribution is 2.16. The van der Waals surface area contributed by atoms with Crippen molar-refractivity contribution in [3.8, 4) is 0 Å². The molecule has 1 aliphatic heterocycles. The van der Waals surface area contributed by atoms with E-state index in [9.17, 15) is 0 Å². The van der Waals surface area contributed by atoms with Gasteiger partial charge in [0.05, 0.1) is 23.4 Å². The van der Waals surface area contributed by atoms with E-state index < -0.39 is 0 Å². The van der Waals surface area contributed by atoms with Gasteiger partial charge in [0, 0.05) is 31.6 Å². The van der Waals surface area contributed by atoms with Crippen LogP contribution in [0.2, 0.25) is 0 Å². The lowest BCUT2D eigenvalue weighted by Gasteiger charge is -2.33. The molecule has 0 bridgehead atoms. The Kier molecular flexibility index (Phi) is 6.42. The fourth-order valence-electron chi connectivity index (χ4n) is 2.54. The van der Waals surface area contributed by atoms with Crippen LogP contribution in [0.5, 0.6) is 0 Å². The summed E-state index contributed by atoms with van der Waals surface area (Å²) in [5, 5.41) is 3.52. The number of hydrogen-bond acceptors (Lipinski definition) is 5. The average Bonchev–Trinajstić information content (AvgIpc) is 2.83. The van der Waals surface area contributed by atoms with Crippen molar-refractivity contribution in [2.75, 3.05) is 40.3 Å². The molecule has 1 aliphatic rings. The summed E-state index contributed by atoms with van der Waals surface area (Å²) in [5.74, 6) is 0. The predicted molar refractivity (Wildman–Crippen MR) is 84.3 cm³/mol. The third kappa shape index (κ3) is 5.13. The first kappa shape index (κ1) is 15.9. The minimum absolute atomic E-state index is 0.331. The second kappa shape index (κ2) is 8.08. The SMILES string of the molecule is CCCCc1nc(CN2CCO[C@@H](CN(C)C)C2)cs1. The van der Waals surface area contributed by atoms with Crippen LogP contribution < -0.4 is 0 Å². The van der Waals surface area contributed by atoms with Crippen LogP contribution in [0, 0.1) is 0 Å². The monoisotopic (exact) mass is 297 g/mol. The Morgan fingerprint density at radius 3 is 3.10 bits per heavy atom. The Hall–Kier alpha value is -0.490. The lowest BCUT2D eigenvalue weighted by atomic mass is 10.2. The maximum atomic E-state index is 5.81. The van der Waals surface area contributed by atoms with Crippen molar-refractivity contribution in [1.29, 1.82) is 0 Å². The summed E-state index contributed by atoms with van der Waals surface area (Å²) in [6.45, 7) is 7.06. The van der Waals surface area contributed by atoms with Crippen LogP contribution in [0.3, 0.4) is 0 Å². The second-order valence-corrected chi connectivity index (χ2v) is 6.77. The summed E-state index contributed by atoms with van der Waals surface area (Å²) in [6.07, 6.45) is 3.95. The molecular weight excluding hydrogens is 270 g/mol. The summed E-state index contributed by atoms with van der Waals surface area (Å²) in [4.78, 5) is 9.42. The lowest BCUT2D eigenvalue weighted by molar-refractivity contribution is -0.0409. The van der Waals surface area contributed by atoms with Crippen LogP contribution in [-0.2, 0) is 17.7 Å². The van der Waals surface area contributed by atoms with E-state index in [-0.39, 0.29) is 0 Å². The number of rotatable bonds is 7. The molecule has 1 fully saturated rings. The van der Waals surface area contributed by atoms with Gasteiger partial charge in [0.2, 0.25) is 0 Å². The summed E-state index contributed by atoms with van der Waals surface area (Å²) in [5.41, 5.74) is 1.23. The molecule has 0 amide bonds. The molecule has 0 unspecified atom stereocenters. The Morgan fingerprint density at radius 2 is 2.35 bits per heavy atom. The van der Waals surface area contributed by atoms with Crippen LogP contribution in [-0.4, -0.2) is 61.2 Å². The fourth-order valence-corrected chi connectivity index (χ4v) is 3.37. The zero-order valence-corrected chi connectivity index (χ0v) is 13.8. The minimum Gasteiger partial charge on any atom is -0.374 e. The van der Waals surface area contributed by atoms with Gasteiger partial charge in [-0.25, -0.2) is 4.98 Å². The second-order valence-electron chi connectivity index (χ2n) is 5.83. The van der Waals surface area contributed by atoms with Crippen molar-refractivity contribution in [3.05, 3.63) is 16.1 Å². The molecule has 2 rings (SSSR count). The van der Waals surface area contributed by atoms with Gasteiger partial charge in [-0.2, -0.15) is 0 Å². The van der Waals surface area contributed by atoms with Crippen molar-refractivity contribution in [2.24, 2.45) is 0 Å². The van der Waals surface area contributed by atoms with Crippen molar-refractivity contribution in [3.63, 3.8) is 0 Å². The van der Waals surface area contributed by atoms with Crippen LogP contribution in [0.4, 0.5) is 0 Å². The first-order valence-corrected chi connectivity index (χ1v) is 8.47. The summed E-state index contributed by atoms with van der Waals surface area (Å²) < 4.78 is 5.81. The molecule has 0 radical (unpaired) electrons. The van der Waals surface area contributed by atoms with Gasteiger partial charge in [-0.1, -0.05) is 13.3 Å². The highest BCUT2D eigenvalue weighted by molar-refractivity contribution is 7.09. The summed E-state index contributed by atoms with van der Waals surface area (Å²) in [6, 6.07) is 0. The van der Waals surface area contributed by atoms with Gasteiger partial charge in [0.15, 0.2) is 0 Å². The number of aromatic nitrogens is 1. The van der Waals surface area contributed by atoms with E-state index in [0.717, 1.165) is 39.2 Å². The first-order chi connectivity index (χ1) is 9.67. The molecular formula is C15H27N3OS. The van der Waals surface area contributed by atoms with E-state index in [2.05, 4.69) is 36.2 Å². The zero-order chi connectivity index (χ0) is 14.4. The minimum atomic E-state index is 0.331. The Morgan fingerprint density at radius 1 is 1.50 bits per heavy atom. The lowest BCUT2D eigenvalue weighted by Crippen LogP contribution is -2.46. The van der Waals surface area contributed by atoms with Gasteiger partial charge in [-0.3, -0.25) is 4.90 Å². The van der Waals surface area contributed by atoms with Gasteiger partial charge in [0.1, 0.15) is 0 Å². The van der Waals surface area contributed by atoms with Crippen LogP contribution >= 0.6 is 11.3 Å². The average molecular weight is 297 g/mol. The van der Waals surface area contributed by atoms with E-state index in [4.69, 9.17) is 9.72 Å². The molecule has 2 heterocycles. The number of hydrogen-bond donors (Lipinski definition) is 0. The van der Waals surface area contributed by atoms with Crippen LogP contribution in [0.25, 0.3) is 0 Å². The van der Waals surface area contributed by atoms with Gasteiger partial charge in [-0.15, -0.1) is 11.3 Å². The van der Waals surface area contributed by atoms with Crippen molar-refractivity contribution < 1.29 is 4.74 Å². The molecule has 0 saturated carbocycles. The molecule has 1 aromatic heterocycles. The third-order valence-electron chi connectivity index (χ3n) is 3.52. The number of nitrogens with zero attached hydrogens (tertiary/aromatic N) is 3. The van der Waals surface area contributed by atoms with Crippen LogP contribution in [0.15, 0.2) is 5.38 Å². The topological polar surface area (TPSA) is 28.6 Å². The van der Waals surface area contributed by atoms with Crippen molar-refractivity contribution in [2.45, 2.75) is 38.8 Å². The largest absolute Gasteiger partial charge is 0.374 e. The molecule has 0 spiro atoms. The molecule has 0 aromatic carbocycles. The smallest absolute Gasteiger partial charge is 0.0928 e. The van der Waals surface area contributed by atoms with Crippen LogP contribution in [0.1, 0.15) is 30.5 Å². The van der Waals surface area contributed by atoms with Crippen molar-refractivity contribution in [1.82, 2.24) is 14.8 Å². The Bertz CT molecular complexity index is 394. The van der Waals surface area contributed by atoms with E-state index >= 15 is 0 Å². The maximum Gasteiger partial charge on any atom is 0.0928 e. The zero-order valence-electron chi connectivity index (χ0n) is 13.0. The number of likely N-dealkylation sites (N-methyl/N-ethyl adjacent to an activating group) is 1. The Balaban J connectivity index is 1.81. The van der Waals surface area contributed by atoms with Gasteiger partial charge in [-0.05, 0) is 26.9 Å². The van der Waals surface area contributed by atoms with Crippen molar-refractivity contribution >= 4 is 11.3 Å². The molecule has 114 valence electrons. The van der Waals surface area contributed by atoms with Gasteiger partial charge in [0.25, 0.3) is 0 Å². The number of morpholine rings is 1. The standard InChI is InChI=1S/C15H27N3OS/c1-4-5-6-15-16-13(12-20-15)9-18-7-8-19-14(11-18)10-17(2)3/h12,14H,4-11H2,1-3H3/t14-/m0/s1. The fraction of sp³-hybridized carbons (Fsp3) is 0.800. The highest BCUT2D eigenvalue weighted by Gasteiger charge is 2.21. The molecule has 1 aromatic rings. The van der Waals surface area contributed by atoms with Gasteiger partial charge < -0.3 is 9.64 Å². The molecule has 1 saturated heterocycles. The normalized spacial score (nSPS) is 20.7. The molecule has 1 atom stereocenters. The molecule has 5 heteroatoms. The van der Waals surface area contributed by atoms with Gasteiger partial charge >= 0.3 is 0 Å². The molecule has 4 nitrogen and oxygen atoms in total. The molecule has 0 aliphatic carbocycles. The highest BCUT2D eigenvalue weighted by atomic mass is 32.1. The van der Waals surface area contributed by atoms with E-state index in [1.54, 1.807) is 0 Å². The Labute approximate surface area is 126 Å². The predicted octanol–water partition coefficient (Wildman–Crippen LogP) is 2.25. The molecule has 0 N–H and O–H groups in total. The summed E-state index contributed by atoms with van der Waals surface area (Å²) >= 11 is 1.81. The quantitative estimate of drug-likeness (QED) is 0.772. The first-order valence-electron chi connectivity index (χ1n) is 7.59. The number of unbranched alkanes of at least 4 members (excludes halogenated alkanes) is 1. The summed E-state index contributed by atoms with van der Waals surface area (Å²) in [7, 11) is 4.20. The van der Waals surface area contributed by atoms with E-state index in [0.29, 0.717) is 6.10 Å². The van der Waals surface area contributed by atoms with E-state index in [1.807, 2.05) is 11.3 Å². The molecule has 20 heavy (non-hydrogen) atoms.